The van der Waals surface area contributed by atoms with Crippen LogP contribution in [0, 0.1) is 0 Å². The molecule has 0 spiro atoms. The van der Waals surface area contributed by atoms with Crippen LogP contribution in [-0.4, -0.2) is 54.2 Å². The molecule has 0 bridgehead atoms. The molecule has 4 nitrogen and oxygen atoms in total. The normalized spacial score (nSPS) is 20.3. The van der Waals surface area contributed by atoms with Gasteiger partial charge >= 0.3 is 6.09 Å². The molecule has 1 amide bonds. The third-order valence-electron chi connectivity index (χ3n) is 2.97. The second-order valence-electron chi connectivity index (χ2n) is 5.98. The highest BCUT2D eigenvalue weighted by Crippen LogP contribution is 2.21. The highest BCUT2D eigenvalue weighted by atomic mass is 16.6. The minimum absolute atomic E-state index is 0.183. The van der Waals surface area contributed by atoms with Crippen molar-refractivity contribution in [2.24, 2.45) is 0 Å². The summed E-state index contributed by atoms with van der Waals surface area (Å²) in [5.74, 6) is 0. The van der Waals surface area contributed by atoms with Crippen LogP contribution in [0.1, 0.15) is 33.6 Å². The lowest BCUT2D eigenvalue weighted by Crippen LogP contribution is -2.44. The zero-order valence-electron chi connectivity index (χ0n) is 12.1. The van der Waals surface area contributed by atoms with Gasteiger partial charge in [-0.2, -0.15) is 0 Å². The van der Waals surface area contributed by atoms with E-state index in [1.165, 1.54) is 0 Å². The Morgan fingerprint density at radius 3 is 2.78 bits per heavy atom. The molecule has 0 radical (unpaired) electrons. The molecule has 0 aromatic heterocycles. The average Bonchev–Trinajstić information content (AvgIpc) is 2.63. The van der Waals surface area contributed by atoms with Gasteiger partial charge in [0.25, 0.3) is 0 Å². The van der Waals surface area contributed by atoms with Gasteiger partial charge in [-0.15, -0.1) is 6.58 Å². The summed E-state index contributed by atoms with van der Waals surface area (Å²) in [6, 6.07) is 0.268. The standard InChI is InChI=1S/C14H26N2O2/c1-6-9-15(5)11-12-8-7-10-16(12)13(17)18-14(2,3)4/h6,12H,1,7-11H2,2-5H3/t12-/m0/s1. The fraction of sp³-hybridized carbons (Fsp3) is 0.786. The molecular weight excluding hydrogens is 228 g/mol. The Kier molecular flexibility index (Phi) is 5.20. The monoisotopic (exact) mass is 254 g/mol. The summed E-state index contributed by atoms with van der Waals surface area (Å²) in [5, 5.41) is 0. The predicted octanol–water partition coefficient (Wildman–Crippen LogP) is 2.50. The maximum Gasteiger partial charge on any atom is 0.410 e. The van der Waals surface area contributed by atoms with Gasteiger partial charge in [-0.05, 0) is 40.7 Å². The van der Waals surface area contributed by atoms with Crippen LogP contribution in [0.25, 0.3) is 0 Å². The van der Waals surface area contributed by atoms with E-state index in [1.54, 1.807) is 0 Å². The first-order valence-electron chi connectivity index (χ1n) is 6.62. The van der Waals surface area contributed by atoms with Gasteiger partial charge in [0.05, 0.1) is 0 Å². The Bertz CT molecular complexity index is 297. The SMILES string of the molecule is C=CCN(C)C[C@@H]1CCCN1C(=O)OC(C)(C)C. The molecule has 0 aromatic rings. The van der Waals surface area contributed by atoms with Crippen molar-refractivity contribution < 1.29 is 9.53 Å². The Balaban J connectivity index is 2.53. The Hall–Kier alpha value is -1.03. The quantitative estimate of drug-likeness (QED) is 0.723. The summed E-state index contributed by atoms with van der Waals surface area (Å²) >= 11 is 0. The zero-order chi connectivity index (χ0) is 13.8. The van der Waals surface area contributed by atoms with Gasteiger partial charge in [-0.1, -0.05) is 6.08 Å². The molecule has 0 saturated carbocycles. The Morgan fingerprint density at radius 2 is 2.22 bits per heavy atom. The number of amides is 1. The Labute approximate surface area is 111 Å². The molecule has 1 aliphatic heterocycles. The van der Waals surface area contributed by atoms with Crippen molar-refractivity contribution in [1.82, 2.24) is 9.80 Å². The van der Waals surface area contributed by atoms with Crippen molar-refractivity contribution in [2.45, 2.75) is 45.3 Å². The summed E-state index contributed by atoms with van der Waals surface area (Å²) in [6.07, 6.45) is 3.82. The summed E-state index contributed by atoms with van der Waals surface area (Å²) in [6.45, 7) is 12.0. The maximum atomic E-state index is 12.1. The van der Waals surface area contributed by atoms with E-state index in [1.807, 2.05) is 38.8 Å². The van der Waals surface area contributed by atoms with E-state index in [0.717, 1.165) is 32.5 Å². The first-order chi connectivity index (χ1) is 8.33. The Morgan fingerprint density at radius 1 is 1.56 bits per heavy atom. The van der Waals surface area contributed by atoms with Gasteiger partial charge in [0, 0.05) is 25.7 Å². The van der Waals surface area contributed by atoms with Crippen LogP contribution in [0.4, 0.5) is 4.79 Å². The van der Waals surface area contributed by atoms with E-state index in [2.05, 4.69) is 11.5 Å². The minimum Gasteiger partial charge on any atom is -0.444 e. The molecule has 1 heterocycles. The van der Waals surface area contributed by atoms with Crippen LogP contribution in [-0.2, 0) is 4.74 Å². The van der Waals surface area contributed by atoms with E-state index in [4.69, 9.17) is 4.74 Å². The fourth-order valence-corrected chi connectivity index (χ4v) is 2.24. The molecule has 0 aromatic carbocycles. The van der Waals surface area contributed by atoms with Gasteiger partial charge in [0.2, 0.25) is 0 Å². The van der Waals surface area contributed by atoms with Crippen molar-refractivity contribution in [3.8, 4) is 0 Å². The van der Waals surface area contributed by atoms with Gasteiger partial charge < -0.3 is 14.5 Å². The van der Waals surface area contributed by atoms with E-state index in [-0.39, 0.29) is 12.1 Å². The highest BCUT2D eigenvalue weighted by Gasteiger charge is 2.32. The molecule has 0 aliphatic carbocycles. The van der Waals surface area contributed by atoms with Crippen molar-refractivity contribution in [3.05, 3.63) is 12.7 Å². The molecule has 1 rings (SSSR count). The van der Waals surface area contributed by atoms with Crippen LogP contribution in [0.5, 0.6) is 0 Å². The third-order valence-corrected chi connectivity index (χ3v) is 2.97. The van der Waals surface area contributed by atoms with Crippen LogP contribution in [0.15, 0.2) is 12.7 Å². The van der Waals surface area contributed by atoms with Crippen molar-refractivity contribution >= 4 is 6.09 Å². The molecule has 4 heteroatoms. The lowest BCUT2D eigenvalue weighted by atomic mass is 10.2. The van der Waals surface area contributed by atoms with Crippen LogP contribution in [0.3, 0.4) is 0 Å². The number of hydrogen-bond acceptors (Lipinski definition) is 3. The molecule has 1 fully saturated rings. The van der Waals surface area contributed by atoms with Gasteiger partial charge in [-0.3, -0.25) is 0 Å². The smallest absolute Gasteiger partial charge is 0.410 e. The number of carbonyl (C=O) groups is 1. The molecule has 0 unspecified atom stereocenters. The lowest BCUT2D eigenvalue weighted by Gasteiger charge is -2.30. The zero-order valence-corrected chi connectivity index (χ0v) is 12.1. The number of carbonyl (C=O) groups excluding carboxylic acids is 1. The molecule has 104 valence electrons. The predicted molar refractivity (Wildman–Crippen MR) is 73.7 cm³/mol. The average molecular weight is 254 g/mol. The van der Waals surface area contributed by atoms with E-state index in [9.17, 15) is 4.79 Å². The van der Waals surface area contributed by atoms with Gasteiger partial charge in [-0.25, -0.2) is 4.79 Å². The molecule has 1 saturated heterocycles. The van der Waals surface area contributed by atoms with Crippen LogP contribution >= 0.6 is 0 Å². The van der Waals surface area contributed by atoms with Gasteiger partial charge in [0.1, 0.15) is 5.60 Å². The van der Waals surface area contributed by atoms with E-state index < -0.39 is 5.60 Å². The number of rotatable bonds is 4. The number of ether oxygens (including phenoxy) is 1. The number of likely N-dealkylation sites (N-methyl/N-ethyl adjacent to an activating group) is 1. The first kappa shape index (κ1) is 15.0. The topological polar surface area (TPSA) is 32.8 Å². The maximum absolute atomic E-state index is 12.1. The second kappa shape index (κ2) is 6.23. The van der Waals surface area contributed by atoms with Crippen molar-refractivity contribution in [3.63, 3.8) is 0 Å². The molecule has 1 aliphatic rings. The highest BCUT2D eigenvalue weighted by molar-refractivity contribution is 5.69. The van der Waals surface area contributed by atoms with Crippen LogP contribution < -0.4 is 0 Å². The lowest BCUT2D eigenvalue weighted by molar-refractivity contribution is 0.0206. The fourth-order valence-electron chi connectivity index (χ4n) is 2.24. The number of nitrogens with zero attached hydrogens (tertiary/aromatic N) is 2. The summed E-state index contributed by atoms with van der Waals surface area (Å²) in [5.41, 5.74) is -0.419. The molecule has 0 N–H and O–H groups in total. The summed E-state index contributed by atoms with van der Waals surface area (Å²) in [4.78, 5) is 16.1. The summed E-state index contributed by atoms with van der Waals surface area (Å²) in [7, 11) is 2.05. The second-order valence-corrected chi connectivity index (χ2v) is 5.98. The molecule has 1 atom stereocenters. The minimum atomic E-state index is -0.419. The number of hydrogen-bond donors (Lipinski definition) is 0. The first-order valence-corrected chi connectivity index (χ1v) is 6.62. The van der Waals surface area contributed by atoms with Crippen molar-refractivity contribution in [1.29, 1.82) is 0 Å². The van der Waals surface area contributed by atoms with Crippen LogP contribution in [0.2, 0.25) is 0 Å². The third kappa shape index (κ3) is 4.69. The van der Waals surface area contributed by atoms with Crippen molar-refractivity contribution in [2.75, 3.05) is 26.7 Å². The summed E-state index contributed by atoms with van der Waals surface area (Å²) < 4.78 is 5.44. The van der Waals surface area contributed by atoms with E-state index >= 15 is 0 Å². The molecule has 18 heavy (non-hydrogen) atoms. The number of likely N-dealkylation sites (tertiary alicyclic amines) is 1. The molecular formula is C14H26N2O2. The van der Waals surface area contributed by atoms with E-state index in [0.29, 0.717) is 0 Å². The van der Waals surface area contributed by atoms with Gasteiger partial charge in [0.15, 0.2) is 0 Å². The largest absolute Gasteiger partial charge is 0.444 e.